The highest BCUT2D eigenvalue weighted by molar-refractivity contribution is 6.05. The van der Waals surface area contributed by atoms with Gasteiger partial charge in [-0.2, -0.15) is 0 Å². The fourth-order valence-electron chi connectivity index (χ4n) is 3.32. The highest BCUT2D eigenvalue weighted by Crippen LogP contribution is 2.41. The first-order chi connectivity index (χ1) is 10.4. The maximum atomic E-state index is 5.76. The van der Waals surface area contributed by atoms with Crippen LogP contribution in [0.1, 0.15) is 29.2 Å². The van der Waals surface area contributed by atoms with E-state index in [-0.39, 0.29) is 6.10 Å². The third-order valence-corrected chi connectivity index (χ3v) is 4.44. The van der Waals surface area contributed by atoms with Gasteiger partial charge in [-0.3, -0.25) is 0 Å². The van der Waals surface area contributed by atoms with Crippen LogP contribution in [-0.2, 0) is 11.3 Å². The molecule has 2 aliphatic rings. The molecule has 0 bridgehead atoms. The van der Waals surface area contributed by atoms with Crippen molar-refractivity contribution in [3.63, 3.8) is 0 Å². The molecule has 0 aromatic heterocycles. The highest BCUT2D eigenvalue weighted by Gasteiger charge is 2.38. The summed E-state index contributed by atoms with van der Waals surface area (Å²) in [4.78, 5) is 5.76. The summed E-state index contributed by atoms with van der Waals surface area (Å²) in [5, 5.41) is 4.38. The molecule has 0 spiro atoms. The van der Waals surface area contributed by atoms with Gasteiger partial charge in [-0.25, -0.2) is 0 Å². The van der Waals surface area contributed by atoms with Crippen LogP contribution in [-0.4, -0.2) is 12.8 Å². The molecule has 3 heteroatoms. The Morgan fingerprint density at radius 3 is 2.71 bits per heavy atom. The second-order valence-electron chi connectivity index (χ2n) is 5.58. The van der Waals surface area contributed by atoms with Crippen LogP contribution in [0.2, 0.25) is 0 Å². The molecule has 1 heterocycles. The lowest BCUT2D eigenvalue weighted by Crippen LogP contribution is -2.24. The minimum Gasteiger partial charge on any atom is -0.497 e. The molecule has 3 nitrogen and oxygen atoms in total. The van der Waals surface area contributed by atoms with Gasteiger partial charge in [0.25, 0.3) is 0 Å². The highest BCUT2D eigenvalue weighted by atomic mass is 16.6. The van der Waals surface area contributed by atoms with E-state index in [0.717, 1.165) is 24.3 Å². The van der Waals surface area contributed by atoms with Gasteiger partial charge in [0.1, 0.15) is 5.75 Å². The van der Waals surface area contributed by atoms with Gasteiger partial charge in [-0.1, -0.05) is 41.6 Å². The van der Waals surface area contributed by atoms with Gasteiger partial charge in [0.2, 0.25) is 0 Å². The molecule has 0 amide bonds. The first-order valence-corrected chi connectivity index (χ1v) is 7.33. The second-order valence-corrected chi connectivity index (χ2v) is 5.58. The normalized spacial score (nSPS) is 22.8. The molecule has 0 saturated carbocycles. The number of fused-ring (bicyclic) bond motifs is 3. The van der Waals surface area contributed by atoms with Gasteiger partial charge in [-0.05, 0) is 36.1 Å². The zero-order valence-electron chi connectivity index (χ0n) is 12.0. The molecular weight excluding hydrogens is 262 g/mol. The Morgan fingerprint density at radius 2 is 1.90 bits per heavy atom. The Hall–Kier alpha value is -2.29. The Kier molecular flexibility index (Phi) is 2.92. The number of hydrogen-bond donors (Lipinski definition) is 0. The lowest BCUT2D eigenvalue weighted by molar-refractivity contribution is 0.0594. The number of methoxy groups -OCH3 is 1. The largest absolute Gasteiger partial charge is 0.497 e. The SMILES string of the molecule is COc1ccc([C@H]2ON=C3c4ccccc4CC[C@@H]32)cc1. The van der Waals surface area contributed by atoms with Crippen molar-refractivity contribution in [1.29, 1.82) is 0 Å². The molecule has 2 atom stereocenters. The molecule has 4 rings (SSSR count). The van der Waals surface area contributed by atoms with Crippen LogP contribution in [0.25, 0.3) is 0 Å². The van der Waals surface area contributed by atoms with Crippen molar-refractivity contribution in [3.05, 3.63) is 65.2 Å². The van der Waals surface area contributed by atoms with E-state index < -0.39 is 0 Å². The van der Waals surface area contributed by atoms with Gasteiger partial charge < -0.3 is 9.57 Å². The fraction of sp³-hybridized carbons (Fsp3) is 0.278. The summed E-state index contributed by atoms with van der Waals surface area (Å²) in [5.41, 5.74) is 4.91. The molecule has 21 heavy (non-hydrogen) atoms. The maximum absolute atomic E-state index is 5.76. The fourth-order valence-corrected chi connectivity index (χ4v) is 3.32. The number of benzene rings is 2. The van der Waals surface area contributed by atoms with E-state index in [1.165, 1.54) is 16.7 Å². The topological polar surface area (TPSA) is 30.8 Å². The Bertz CT molecular complexity index is 691. The van der Waals surface area contributed by atoms with Gasteiger partial charge in [-0.15, -0.1) is 0 Å². The number of nitrogens with zero attached hydrogens (tertiary/aromatic N) is 1. The molecule has 1 aliphatic heterocycles. The van der Waals surface area contributed by atoms with Crippen LogP contribution in [0.15, 0.2) is 53.7 Å². The summed E-state index contributed by atoms with van der Waals surface area (Å²) >= 11 is 0. The van der Waals surface area contributed by atoms with Gasteiger partial charge in [0, 0.05) is 11.5 Å². The number of rotatable bonds is 2. The average Bonchev–Trinajstić information content (AvgIpc) is 2.99. The zero-order chi connectivity index (χ0) is 14.2. The molecular formula is C18H17NO2. The molecule has 0 unspecified atom stereocenters. The predicted molar refractivity (Wildman–Crippen MR) is 81.6 cm³/mol. The standard InChI is InChI=1S/C18H17NO2/c1-20-14-9-6-13(7-10-14)18-16-11-8-12-4-2-3-5-15(12)17(16)19-21-18/h2-7,9-10,16,18H,8,11H2,1H3/t16-,18+/m0/s1. The van der Waals surface area contributed by atoms with Gasteiger partial charge in [0.05, 0.1) is 12.8 Å². The van der Waals surface area contributed by atoms with E-state index in [9.17, 15) is 0 Å². The first-order valence-electron chi connectivity index (χ1n) is 7.33. The maximum Gasteiger partial charge on any atom is 0.161 e. The smallest absolute Gasteiger partial charge is 0.161 e. The first kappa shape index (κ1) is 12.5. The predicted octanol–water partition coefficient (Wildman–Crippen LogP) is 3.73. The van der Waals surface area contributed by atoms with E-state index in [4.69, 9.17) is 9.57 Å². The third-order valence-electron chi connectivity index (χ3n) is 4.44. The van der Waals surface area contributed by atoms with Crippen LogP contribution < -0.4 is 4.74 Å². The quantitative estimate of drug-likeness (QED) is 0.838. The number of aryl methyl sites for hydroxylation is 1. The lowest BCUT2D eigenvalue weighted by atomic mass is 9.78. The van der Waals surface area contributed by atoms with Crippen LogP contribution in [0.3, 0.4) is 0 Å². The summed E-state index contributed by atoms with van der Waals surface area (Å²) in [6, 6.07) is 16.6. The number of oxime groups is 1. The van der Waals surface area contributed by atoms with E-state index in [1.807, 2.05) is 12.1 Å². The van der Waals surface area contributed by atoms with E-state index in [1.54, 1.807) is 7.11 Å². The summed E-state index contributed by atoms with van der Waals surface area (Å²) in [6.45, 7) is 0. The van der Waals surface area contributed by atoms with Gasteiger partial charge in [0.15, 0.2) is 6.10 Å². The Labute approximate surface area is 124 Å². The lowest BCUT2D eigenvalue weighted by Gasteiger charge is -2.24. The third kappa shape index (κ3) is 2.00. The molecule has 2 aromatic rings. The Balaban J connectivity index is 1.65. The number of hydrogen-bond acceptors (Lipinski definition) is 3. The van der Waals surface area contributed by atoms with Crippen molar-refractivity contribution in [1.82, 2.24) is 0 Å². The molecule has 1 aliphatic carbocycles. The van der Waals surface area contributed by atoms with Gasteiger partial charge >= 0.3 is 0 Å². The molecule has 0 N–H and O–H groups in total. The molecule has 0 fully saturated rings. The summed E-state index contributed by atoms with van der Waals surface area (Å²) < 4.78 is 5.22. The molecule has 0 saturated heterocycles. The van der Waals surface area contributed by atoms with Crippen LogP contribution in [0.5, 0.6) is 5.75 Å². The molecule has 2 aromatic carbocycles. The van der Waals surface area contributed by atoms with Crippen LogP contribution in [0, 0.1) is 5.92 Å². The Morgan fingerprint density at radius 1 is 1.10 bits per heavy atom. The van der Waals surface area contributed by atoms with Crippen LogP contribution in [0.4, 0.5) is 0 Å². The minimum absolute atomic E-state index is 0.0271. The van der Waals surface area contributed by atoms with Crippen molar-refractivity contribution in [2.75, 3.05) is 7.11 Å². The van der Waals surface area contributed by atoms with Crippen molar-refractivity contribution >= 4 is 5.71 Å². The summed E-state index contributed by atoms with van der Waals surface area (Å²) in [6.07, 6.45) is 2.21. The van der Waals surface area contributed by atoms with E-state index in [0.29, 0.717) is 5.92 Å². The van der Waals surface area contributed by atoms with E-state index in [2.05, 4.69) is 41.6 Å². The zero-order valence-corrected chi connectivity index (χ0v) is 12.0. The van der Waals surface area contributed by atoms with Crippen molar-refractivity contribution in [2.45, 2.75) is 18.9 Å². The minimum atomic E-state index is 0.0271. The molecule has 0 radical (unpaired) electrons. The monoisotopic (exact) mass is 279 g/mol. The second kappa shape index (κ2) is 4.92. The average molecular weight is 279 g/mol. The van der Waals surface area contributed by atoms with Crippen LogP contribution >= 0.6 is 0 Å². The van der Waals surface area contributed by atoms with Crippen molar-refractivity contribution < 1.29 is 9.57 Å². The van der Waals surface area contributed by atoms with Crippen molar-refractivity contribution in [3.8, 4) is 5.75 Å². The molecule has 106 valence electrons. The van der Waals surface area contributed by atoms with Crippen molar-refractivity contribution in [2.24, 2.45) is 11.1 Å². The number of ether oxygens (including phenoxy) is 1. The van der Waals surface area contributed by atoms with E-state index >= 15 is 0 Å². The summed E-state index contributed by atoms with van der Waals surface area (Å²) in [7, 11) is 1.68. The summed E-state index contributed by atoms with van der Waals surface area (Å²) in [5.74, 6) is 1.22.